The van der Waals surface area contributed by atoms with Crippen molar-refractivity contribution in [2.24, 2.45) is 0 Å². The molecule has 124 valence electrons. The molecule has 0 spiro atoms. The Hall–Kier alpha value is -2.18. The number of carbonyl (C=O) groups excluding carboxylic acids is 1. The molecule has 0 aromatic heterocycles. The Balaban J connectivity index is 1.62. The van der Waals surface area contributed by atoms with Crippen molar-refractivity contribution in [1.82, 2.24) is 4.31 Å². The molecule has 4 rings (SSSR count). The van der Waals surface area contributed by atoms with E-state index in [2.05, 4.69) is 17.4 Å². The molecule has 6 heteroatoms. The number of rotatable bonds is 3. The highest BCUT2D eigenvalue weighted by molar-refractivity contribution is 7.89. The first-order valence-corrected chi connectivity index (χ1v) is 9.37. The van der Waals surface area contributed by atoms with Crippen molar-refractivity contribution in [1.29, 1.82) is 0 Å². The quantitative estimate of drug-likeness (QED) is 0.927. The molecule has 2 aliphatic rings. The molecule has 1 amide bonds. The number of fused-ring (bicyclic) bond motifs is 2. The third-order valence-electron chi connectivity index (χ3n) is 4.92. The SMILES string of the molecule is CN(C1Cc2ccccc2C1)S(=O)(=O)c1ccc2c(c1)CC(=O)N2. The van der Waals surface area contributed by atoms with Crippen LogP contribution in [0.25, 0.3) is 0 Å². The number of sulfonamides is 1. The van der Waals surface area contributed by atoms with E-state index in [-0.39, 0.29) is 23.3 Å². The fraction of sp³-hybridized carbons (Fsp3) is 0.278. The van der Waals surface area contributed by atoms with Crippen molar-refractivity contribution in [2.45, 2.75) is 30.2 Å². The van der Waals surface area contributed by atoms with Crippen LogP contribution in [0.5, 0.6) is 0 Å². The highest BCUT2D eigenvalue weighted by Gasteiger charge is 2.33. The van der Waals surface area contributed by atoms with E-state index in [0.717, 1.165) is 18.4 Å². The smallest absolute Gasteiger partial charge is 0.243 e. The minimum absolute atomic E-state index is 0.0691. The van der Waals surface area contributed by atoms with E-state index in [9.17, 15) is 13.2 Å². The summed E-state index contributed by atoms with van der Waals surface area (Å²) in [7, 11) is -1.94. The fourth-order valence-corrected chi connectivity index (χ4v) is 4.93. The van der Waals surface area contributed by atoms with Crippen LogP contribution < -0.4 is 5.32 Å². The molecule has 0 fully saturated rings. The fourth-order valence-electron chi connectivity index (χ4n) is 3.52. The van der Waals surface area contributed by atoms with Gasteiger partial charge < -0.3 is 5.32 Å². The van der Waals surface area contributed by atoms with Gasteiger partial charge in [-0.15, -0.1) is 0 Å². The van der Waals surface area contributed by atoms with E-state index in [1.54, 1.807) is 25.2 Å². The number of carbonyl (C=O) groups is 1. The van der Waals surface area contributed by atoms with E-state index in [1.807, 2.05) is 12.1 Å². The van der Waals surface area contributed by atoms with Gasteiger partial charge in [0.15, 0.2) is 0 Å². The van der Waals surface area contributed by atoms with E-state index < -0.39 is 10.0 Å². The van der Waals surface area contributed by atoms with Crippen molar-refractivity contribution in [3.05, 3.63) is 59.2 Å². The summed E-state index contributed by atoms with van der Waals surface area (Å²) in [5.74, 6) is -0.0980. The zero-order valence-electron chi connectivity index (χ0n) is 13.3. The molecule has 1 N–H and O–H groups in total. The van der Waals surface area contributed by atoms with Gasteiger partial charge in [-0.25, -0.2) is 8.42 Å². The van der Waals surface area contributed by atoms with Crippen LogP contribution in [-0.4, -0.2) is 31.7 Å². The predicted molar refractivity (Wildman–Crippen MR) is 91.4 cm³/mol. The van der Waals surface area contributed by atoms with Crippen LogP contribution in [0.2, 0.25) is 0 Å². The summed E-state index contributed by atoms with van der Waals surface area (Å²) < 4.78 is 27.4. The largest absolute Gasteiger partial charge is 0.326 e. The Morgan fingerprint density at radius 1 is 1.04 bits per heavy atom. The maximum Gasteiger partial charge on any atom is 0.243 e. The monoisotopic (exact) mass is 342 g/mol. The van der Waals surface area contributed by atoms with Crippen molar-refractivity contribution >= 4 is 21.6 Å². The molecule has 0 saturated heterocycles. The maximum atomic E-state index is 13.0. The summed E-state index contributed by atoms with van der Waals surface area (Å²) in [6.45, 7) is 0. The molecule has 5 nitrogen and oxygen atoms in total. The Morgan fingerprint density at radius 3 is 2.38 bits per heavy atom. The lowest BCUT2D eigenvalue weighted by Gasteiger charge is -2.24. The summed E-state index contributed by atoms with van der Waals surface area (Å²) in [6.07, 6.45) is 1.70. The summed E-state index contributed by atoms with van der Waals surface area (Å²) >= 11 is 0. The van der Waals surface area contributed by atoms with E-state index in [1.165, 1.54) is 15.4 Å². The summed E-state index contributed by atoms with van der Waals surface area (Å²) in [6, 6.07) is 12.9. The van der Waals surface area contributed by atoms with Crippen LogP contribution in [0.3, 0.4) is 0 Å². The molecule has 2 aromatic carbocycles. The number of nitrogens with zero attached hydrogens (tertiary/aromatic N) is 1. The number of amides is 1. The molecular weight excluding hydrogens is 324 g/mol. The standard InChI is InChI=1S/C18H18N2O3S/c1-20(15-8-12-4-2-3-5-13(12)9-15)24(22,23)16-6-7-17-14(10-16)11-18(21)19-17/h2-7,10,15H,8-9,11H2,1H3,(H,19,21). The molecule has 2 aromatic rings. The van der Waals surface area contributed by atoms with Crippen LogP contribution in [-0.2, 0) is 34.1 Å². The molecular formula is C18H18N2O3S. The van der Waals surface area contributed by atoms with Gasteiger partial charge in [-0.05, 0) is 47.7 Å². The van der Waals surface area contributed by atoms with Gasteiger partial charge >= 0.3 is 0 Å². The first-order valence-electron chi connectivity index (χ1n) is 7.93. The van der Waals surface area contributed by atoms with Crippen molar-refractivity contribution < 1.29 is 13.2 Å². The van der Waals surface area contributed by atoms with Gasteiger partial charge in [0.2, 0.25) is 15.9 Å². The lowest BCUT2D eigenvalue weighted by Crippen LogP contribution is -2.37. The second kappa shape index (κ2) is 5.43. The van der Waals surface area contributed by atoms with Gasteiger partial charge in [0.05, 0.1) is 11.3 Å². The van der Waals surface area contributed by atoms with Crippen LogP contribution in [0.1, 0.15) is 16.7 Å². The van der Waals surface area contributed by atoms with Crippen LogP contribution in [0.4, 0.5) is 5.69 Å². The predicted octanol–water partition coefficient (Wildman–Crippen LogP) is 1.97. The highest BCUT2D eigenvalue weighted by Crippen LogP contribution is 2.30. The van der Waals surface area contributed by atoms with Crippen molar-refractivity contribution in [3.8, 4) is 0 Å². The van der Waals surface area contributed by atoms with Gasteiger partial charge in [-0.1, -0.05) is 24.3 Å². The lowest BCUT2D eigenvalue weighted by atomic mass is 10.1. The van der Waals surface area contributed by atoms with E-state index >= 15 is 0 Å². The Bertz CT molecular complexity index is 912. The summed E-state index contributed by atoms with van der Waals surface area (Å²) in [5, 5.41) is 2.72. The molecule has 0 atom stereocenters. The number of hydrogen-bond donors (Lipinski definition) is 1. The molecule has 0 unspecified atom stereocenters. The summed E-state index contributed by atoms with van der Waals surface area (Å²) in [4.78, 5) is 11.7. The summed E-state index contributed by atoms with van der Waals surface area (Å²) in [5.41, 5.74) is 3.88. The molecule has 0 radical (unpaired) electrons. The highest BCUT2D eigenvalue weighted by atomic mass is 32.2. The lowest BCUT2D eigenvalue weighted by molar-refractivity contribution is -0.115. The Labute approximate surface area is 141 Å². The van der Waals surface area contributed by atoms with Gasteiger partial charge in [0.1, 0.15) is 0 Å². The molecule has 0 saturated carbocycles. The van der Waals surface area contributed by atoms with Crippen molar-refractivity contribution in [3.63, 3.8) is 0 Å². The molecule has 1 aliphatic carbocycles. The van der Waals surface area contributed by atoms with Crippen LogP contribution in [0, 0.1) is 0 Å². The topological polar surface area (TPSA) is 66.5 Å². The van der Waals surface area contributed by atoms with Crippen molar-refractivity contribution in [2.75, 3.05) is 12.4 Å². The number of nitrogens with one attached hydrogen (secondary N) is 1. The third-order valence-corrected chi connectivity index (χ3v) is 6.83. The molecule has 0 bridgehead atoms. The minimum atomic E-state index is -3.58. The molecule has 1 aliphatic heterocycles. The molecule has 24 heavy (non-hydrogen) atoms. The average Bonchev–Trinajstić information content (AvgIpc) is 3.15. The van der Waals surface area contributed by atoms with Crippen LogP contribution in [0.15, 0.2) is 47.4 Å². The Morgan fingerprint density at radius 2 is 1.71 bits per heavy atom. The first-order chi connectivity index (χ1) is 11.4. The zero-order valence-corrected chi connectivity index (χ0v) is 14.1. The third kappa shape index (κ3) is 2.42. The van der Waals surface area contributed by atoms with Gasteiger partial charge in [0.25, 0.3) is 0 Å². The van der Waals surface area contributed by atoms with Gasteiger partial charge in [-0.2, -0.15) is 4.31 Å². The zero-order chi connectivity index (χ0) is 16.9. The maximum absolute atomic E-state index is 13.0. The van der Waals surface area contributed by atoms with Gasteiger partial charge in [-0.3, -0.25) is 4.79 Å². The average molecular weight is 342 g/mol. The normalized spacial score (nSPS) is 17.0. The first kappa shape index (κ1) is 15.4. The number of benzene rings is 2. The Kier molecular flexibility index (Phi) is 3.47. The minimum Gasteiger partial charge on any atom is -0.326 e. The van der Waals surface area contributed by atoms with E-state index in [0.29, 0.717) is 5.69 Å². The number of hydrogen-bond acceptors (Lipinski definition) is 3. The number of likely N-dealkylation sites (N-methyl/N-ethyl adjacent to an activating group) is 1. The molecule has 1 heterocycles. The number of anilines is 1. The second-order valence-corrected chi connectivity index (χ2v) is 8.39. The van der Waals surface area contributed by atoms with Crippen LogP contribution >= 0.6 is 0 Å². The van der Waals surface area contributed by atoms with Gasteiger partial charge in [0, 0.05) is 18.8 Å². The second-order valence-electron chi connectivity index (χ2n) is 6.40. The van der Waals surface area contributed by atoms with E-state index in [4.69, 9.17) is 0 Å².